The monoisotopic (exact) mass is 402 g/mol. The molecule has 2 aliphatic rings. The fourth-order valence-electron chi connectivity index (χ4n) is 3.22. The van der Waals surface area contributed by atoms with Crippen LogP contribution >= 0.6 is 0 Å². The maximum absolute atomic E-state index is 2.99. The second-order valence-corrected chi connectivity index (χ2v) is 8.22. The number of hydrogen-bond acceptors (Lipinski definition) is 0. The van der Waals surface area contributed by atoms with Crippen LogP contribution in [0.4, 0.5) is 0 Å². The normalized spacial score (nSPS) is 15.7. The Hall–Kier alpha value is -1.46. The molecule has 3 aromatic carbocycles. The minimum atomic E-state index is 1.01. The molecule has 0 unspecified atom stereocenters. The van der Waals surface area contributed by atoms with Crippen LogP contribution in [0.25, 0.3) is 21.5 Å². The van der Waals surface area contributed by atoms with Gasteiger partial charge in [0.25, 0.3) is 0 Å². The minimum absolute atomic E-state index is 1.01. The molecule has 0 amide bonds. The van der Waals surface area contributed by atoms with E-state index in [9.17, 15) is 0 Å². The summed E-state index contributed by atoms with van der Waals surface area (Å²) in [4.78, 5) is 0. The molecule has 0 N–H and O–H groups in total. The molecule has 1 saturated carbocycles. The molecule has 0 nitrogen and oxygen atoms in total. The topological polar surface area (TPSA) is 0 Å². The number of hydrogen-bond donors (Lipinski definition) is 0. The van der Waals surface area contributed by atoms with Crippen molar-refractivity contribution in [2.75, 3.05) is 0 Å². The summed E-state index contributed by atoms with van der Waals surface area (Å²) in [5, 5.41) is 5.39. The van der Waals surface area contributed by atoms with Crippen LogP contribution in [0.3, 0.4) is 0 Å². The molecular weight excluding hydrogens is 379 g/mol. The summed E-state index contributed by atoms with van der Waals surface area (Å²) >= 11 is 1.69. The van der Waals surface area contributed by atoms with Crippen LogP contribution in [0.15, 0.2) is 72.8 Å². The van der Waals surface area contributed by atoms with Gasteiger partial charge in [0, 0.05) is 0 Å². The van der Waals surface area contributed by atoms with Gasteiger partial charge in [0.1, 0.15) is 0 Å². The molecular formula is C24H24Zr. The summed E-state index contributed by atoms with van der Waals surface area (Å²) in [5.74, 6) is 0. The van der Waals surface area contributed by atoms with Crippen molar-refractivity contribution in [1.82, 2.24) is 0 Å². The summed E-state index contributed by atoms with van der Waals surface area (Å²) in [7, 11) is 0. The van der Waals surface area contributed by atoms with E-state index in [4.69, 9.17) is 0 Å². The Labute approximate surface area is 165 Å². The van der Waals surface area contributed by atoms with Crippen molar-refractivity contribution >= 4 is 24.8 Å². The van der Waals surface area contributed by atoms with Crippen LogP contribution in [0, 0.1) is 6.08 Å². The molecule has 1 heteroatoms. The molecule has 0 spiro atoms. The zero-order valence-electron chi connectivity index (χ0n) is 14.7. The number of benzene rings is 2. The summed E-state index contributed by atoms with van der Waals surface area (Å²) in [6.45, 7) is 0. The molecule has 3 aromatic rings. The summed E-state index contributed by atoms with van der Waals surface area (Å²) in [6, 6.07) is 19.3. The third kappa shape index (κ3) is 5.51. The van der Waals surface area contributed by atoms with Crippen molar-refractivity contribution in [3.8, 4) is 0 Å². The first-order valence-corrected chi connectivity index (χ1v) is 10.4. The van der Waals surface area contributed by atoms with E-state index < -0.39 is 0 Å². The van der Waals surface area contributed by atoms with E-state index in [0.29, 0.717) is 0 Å². The van der Waals surface area contributed by atoms with Gasteiger partial charge in [0.2, 0.25) is 0 Å². The van der Waals surface area contributed by atoms with Crippen LogP contribution in [0.1, 0.15) is 38.5 Å². The fourth-order valence-corrected chi connectivity index (χ4v) is 4.09. The minimum Gasteiger partial charge on any atom is -0.126 e. The van der Waals surface area contributed by atoms with Crippen molar-refractivity contribution < 1.29 is 24.2 Å². The zero-order valence-corrected chi connectivity index (χ0v) is 17.1. The van der Waals surface area contributed by atoms with E-state index in [2.05, 4.69) is 66.7 Å². The first-order valence-electron chi connectivity index (χ1n) is 9.16. The predicted octanol–water partition coefficient (Wildman–Crippen LogP) is 6.69. The SMILES string of the molecule is [C-]1=CC=CC1.[Zr+2]=[C]1CCCCC1.c1ccc2c(c1)[cH-]c1ccccc12. The van der Waals surface area contributed by atoms with Gasteiger partial charge < -0.3 is 0 Å². The van der Waals surface area contributed by atoms with Gasteiger partial charge in [-0.15, -0.1) is 46.2 Å². The van der Waals surface area contributed by atoms with Gasteiger partial charge in [-0.25, -0.2) is 12.2 Å². The van der Waals surface area contributed by atoms with Crippen molar-refractivity contribution in [2.24, 2.45) is 0 Å². The van der Waals surface area contributed by atoms with Crippen LogP contribution in [0.2, 0.25) is 0 Å². The van der Waals surface area contributed by atoms with E-state index in [1.807, 2.05) is 12.2 Å². The van der Waals surface area contributed by atoms with E-state index >= 15 is 0 Å². The Morgan fingerprint density at radius 1 is 0.800 bits per heavy atom. The number of rotatable bonds is 0. The van der Waals surface area contributed by atoms with E-state index in [1.54, 1.807) is 27.4 Å². The van der Waals surface area contributed by atoms with Gasteiger partial charge in [-0.05, 0) is 0 Å². The van der Waals surface area contributed by atoms with Gasteiger partial charge in [0.05, 0.1) is 0 Å². The Balaban J connectivity index is 0.000000127. The molecule has 0 atom stereocenters. The summed E-state index contributed by atoms with van der Waals surface area (Å²) < 4.78 is 1.80. The molecule has 0 radical (unpaired) electrons. The smallest absolute Gasteiger partial charge is 0.0771 e. The van der Waals surface area contributed by atoms with Crippen LogP contribution < -0.4 is 0 Å². The van der Waals surface area contributed by atoms with E-state index in [-0.39, 0.29) is 0 Å². The van der Waals surface area contributed by atoms with Crippen LogP contribution in [-0.4, -0.2) is 3.21 Å². The molecule has 124 valence electrons. The molecule has 1 fully saturated rings. The van der Waals surface area contributed by atoms with Gasteiger partial charge in [-0.3, -0.25) is 6.08 Å². The molecule has 2 aliphatic carbocycles. The van der Waals surface area contributed by atoms with Gasteiger partial charge in [-0.2, -0.15) is 6.08 Å². The Bertz CT molecular complexity index is 811. The standard InChI is InChI=1S/C13H9.C6H10.C5H5.Zr/c1-3-7-12-10(5-1)9-11-6-2-4-8-13(11)12;1-2-4-6-5-3-1;1-2-4-5-3-1;/h1-9H;1-5H2;1-3H,4H2;/q-1;;-1;+2. The third-order valence-electron chi connectivity index (χ3n) is 4.57. The number of fused-ring (bicyclic) bond motifs is 3. The average molecular weight is 404 g/mol. The number of allylic oxidation sites excluding steroid dienone is 4. The largest absolute Gasteiger partial charge is 0.126 e. The maximum atomic E-state index is 2.99. The quantitative estimate of drug-likeness (QED) is 0.367. The molecule has 0 aromatic heterocycles. The summed E-state index contributed by atoms with van der Waals surface area (Å²) in [6.07, 6.45) is 17.3. The first-order chi connectivity index (χ1) is 12.3. The summed E-state index contributed by atoms with van der Waals surface area (Å²) in [5.41, 5.74) is 0. The van der Waals surface area contributed by atoms with Gasteiger partial charge >= 0.3 is 59.5 Å². The van der Waals surface area contributed by atoms with Crippen molar-refractivity contribution in [3.63, 3.8) is 0 Å². The Morgan fingerprint density at radius 2 is 1.40 bits per heavy atom. The molecule has 0 bridgehead atoms. The van der Waals surface area contributed by atoms with E-state index in [1.165, 1.54) is 53.6 Å². The molecule has 0 heterocycles. The average Bonchev–Trinajstić information content (AvgIpc) is 3.34. The van der Waals surface area contributed by atoms with Crippen LogP contribution in [0.5, 0.6) is 0 Å². The van der Waals surface area contributed by atoms with Crippen molar-refractivity contribution in [2.45, 2.75) is 38.5 Å². The predicted molar refractivity (Wildman–Crippen MR) is 107 cm³/mol. The van der Waals surface area contributed by atoms with Gasteiger partial charge in [-0.1, -0.05) is 36.4 Å². The maximum Gasteiger partial charge on any atom is -0.0771 e. The van der Waals surface area contributed by atoms with Gasteiger partial charge in [0.15, 0.2) is 0 Å². The molecule has 5 rings (SSSR count). The Kier molecular flexibility index (Phi) is 7.25. The van der Waals surface area contributed by atoms with Crippen LogP contribution in [-0.2, 0) is 24.2 Å². The second-order valence-electron chi connectivity index (χ2n) is 6.49. The van der Waals surface area contributed by atoms with Crippen molar-refractivity contribution in [3.05, 3.63) is 78.9 Å². The second kappa shape index (κ2) is 9.88. The van der Waals surface area contributed by atoms with E-state index in [0.717, 1.165) is 6.42 Å². The molecule has 0 aliphatic heterocycles. The molecule has 0 saturated heterocycles. The first kappa shape index (κ1) is 18.3. The third-order valence-corrected chi connectivity index (χ3v) is 5.79. The zero-order chi connectivity index (χ0) is 17.3. The molecule has 25 heavy (non-hydrogen) atoms. The van der Waals surface area contributed by atoms with Crippen molar-refractivity contribution in [1.29, 1.82) is 0 Å². The fraction of sp³-hybridized carbons (Fsp3) is 0.250. The Morgan fingerprint density at radius 3 is 1.80 bits per heavy atom.